The van der Waals surface area contributed by atoms with Crippen LogP contribution in [0.15, 0.2) is 29.3 Å². The van der Waals surface area contributed by atoms with Crippen LogP contribution < -0.4 is 21.1 Å². The summed E-state index contributed by atoms with van der Waals surface area (Å²) in [7, 11) is -0.388. The van der Waals surface area contributed by atoms with Crippen molar-refractivity contribution in [2.24, 2.45) is 5.73 Å². The lowest BCUT2D eigenvalue weighted by molar-refractivity contribution is 0.100. The van der Waals surface area contributed by atoms with E-state index < -0.39 is 15.7 Å². The number of hydrogen-bond acceptors (Lipinski definition) is 9. The number of carbonyl (C=O) groups excluding carboxylic acids is 1. The van der Waals surface area contributed by atoms with E-state index in [9.17, 15) is 13.2 Å². The number of anilines is 3. The zero-order valence-corrected chi connectivity index (χ0v) is 17.5. The highest BCUT2D eigenvalue weighted by Crippen LogP contribution is 2.31. The first-order valence-electron chi connectivity index (χ1n) is 8.81. The number of amides is 1. The van der Waals surface area contributed by atoms with Crippen molar-refractivity contribution in [2.75, 3.05) is 44.3 Å². The van der Waals surface area contributed by atoms with Gasteiger partial charge in [0.2, 0.25) is 5.95 Å². The van der Waals surface area contributed by atoms with Crippen molar-refractivity contribution in [3.05, 3.63) is 30.0 Å². The first-order chi connectivity index (χ1) is 14.2. The molecule has 1 amide bonds. The molecule has 0 aliphatic heterocycles. The standard InChI is InChI=1S/C18H22N6O5S/c1-28-7-6-20-16-14-11(15(19)25)9-21-17(14)24-18(23-16)22-12-5-4-10(30(3,26)27)8-13(12)29-2/h4-5,8-9H,6-7H2,1-3H3,(H2,19,25)(H3,20,21,22,23,24). The summed E-state index contributed by atoms with van der Waals surface area (Å²) < 4.78 is 33.9. The molecule has 0 radical (unpaired) electrons. The number of methoxy groups -OCH3 is 2. The molecule has 2 heterocycles. The maximum Gasteiger partial charge on any atom is 0.251 e. The van der Waals surface area contributed by atoms with Crippen LogP contribution in [0.2, 0.25) is 0 Å². The summed E-state index contributed by atoms with van der Waals surface area (Å²) in [5.74, 6) is 0.283. The normalized spacial score (nSPS) is 11.4. The number of ether oxygens (including phenoxy) is 2. The summed E-state index contributed by atoms with van der Waals surface area (Å²) in [6, 6.07) is 4.43. The zero-order chi connectivity index (χ0) is 21.9. The van der Waals surface area contributed by atoms with Crippen LogP contribution in [0.3, 0.4) is 0 Å². The maximum absolute atomic E-state index is 11.8. The molecule has 5 N–H and O–H groups in total. The van der Waals surface area contributed by atoms with E-state index in [-0.39, 0.29) is 16.4 Å². The smallest absolute Gasteiger partial charge is 0.251 e. The lowest BCUT2D eigenvalue weighted by atomic mass is 10.2. The molecule has 2 aromatic heterocycles. The number of aromatic amines is 1. The van der Waals surface area contributed by atoms with Crippen LogP contribution in [0.5, 0.6) is 5.75 Å². The Morgan fingerprint density at radius 3 is 2.67 bits per heavy atom. The Balaban J connectivity index is 2.03. The van der Waals surface area contributed by atoms with Gasteiger partial charge in [0, 0.05) is 32.2 Å². The van der Waals surface area contributed by atoms with Crippen LogP contribution in [-0.2, 0) is 14.6 Å². The summed E-state index contributed by atoms with van der Waals surface area (Å²) in [4.78, 5) is 23.6. The van der Waals surface area contributed by atoms with Crippen LogP contribution >= 0.6 is 0 Å². The minimum atomic E-state index is -3.39. The number of primary amides is 1. The van der Waals surface area contributed by atoms with Crippen molar-refractivity contribution in [1.82, 2.24) is 15.0 Å². The molecule has 11 nitrogen and oxygen atoms in total. The Morgan fingerprint density at radius 1 is 1.27 bits per heavy atom. The summed E-state index contributed by atoms with van der Waals surface area (Å²) >= 11 is 0. The fraction of sp³-hybridized carbons (Fsp3) is 0.278. The van der Waals surface area contributed by atoms with Gasteiger partial charge >= 0.3 is 0 Å². The molecule has 0 aliphatic carbocycles. The number of benzene rings is 1. The van der Waals surface area contributed by atoms with Gasteiger partial charge in [-0.15, -0.1) is 0 Å². The van der Waals surface area contributed by atoms with Crippen LogP contribution in [0.25, 0.3) is 11.0 Å². The van der Waals surface area contributed by atoms with Gasteiger partial charge in [-0.1, -0.05) is 0 Å². The largest absolute Gasteiger partial charge is 0.495 e. The van der Waals surface area contributed by atoms with E-state index in [1.807, 2.05) is 0 Å². The third-order valence-corrected chi connectivity index (χ3v) is 5.35. The van der Waals surface area contributed by atoms with Crippen LogP contribution in [0, 0.1) is 0 Å². The number of rotatable bonds is 9. The fourth-order valence-electron chi connectivity index (χ4n) is 2.81. The Hall–Kier alpha value is -3.38. The Bertz CT molecular complexity index is 1190. The zero-order valence-electron chi connectivity index (χ0n) is 16.6. The molecular formula is C18H22N6O5S. The molecular weight excluding hydrogens is 412 g/mol. The van der Waals surface area contributed by atoms with E-state index in [0.717, 1.165) is 6.26 Å². The predicted molar refractivity (Wildman–Crippen MR) is 112 cm³/mol. The molecule has 160 valence electrons. The summed E-state index contributed by atoms with van der Waals surface area (Å²) in [5.41, 5.74) is 6.57. The molecule has 0 aliphatic rings. The van der Waals surface area contributed by atoms with Crippen molar-refractivity contribution >= 4 is 44.2 Å². The van der Waals surface area contributed by atoms with E-state index in [1.165, 1.54) is 25.4 Å². The third-order valence-electron chi connectivity index (χ3n) is 4.24. The maximum atomic E-state index is 11.8. The van der Waals surface area contributed by atoms with Crippen molar-refractivity contribution in [1.29, 1.82) is 0 Å². The van der Waals surface area contributed by atoms with Gasteiger partial charge in [-0.25, -0.2) is 8.42 Å². The molecule has 0 saturated carbocycles. The molecule has 3 aromatic rings. The van der Waals surface area contributed by atoms with Gasteiger partial charge in [0.15, 0.2) is 9.84 Å². The number of hydrogen-bond donors (Lipinski definition) is 4. The lowest BCUT2D eigenvalue weighted by Gasteiger charge is -2.13. The Labute approximate surface area is 172 Å². The number of H-pyrrole nitrogens is 1. The van der Waals surface area contributed by atoms with Crippen molar-refractivity contribution in [3.63, 3.8) is 0 Å². The van der Waals surface area contributed by atoms with E-state index in [0.29, 0.717) is 41.4 Å². The van der Waals surface area contributed by atoms with Crippen LogP contribution in [0.1, 0.15) is 10.4 Å². The van der Waals surface area contributed by atoms with Gasteiger partial charge in [0.25, 0.3) is 5.91 Å². The van der Waals surface area contributed by atoms with Gasteiger partial charge in [-0.05, 0) is 12.1 Å². The molecule has 0 bridgehead atoms. The molecule has 0 atom stereocenters. The predicted octanol–water partition coefficient (Wildman–Crippen LogP) is 1.27. The van der Waals surface area contributed by atoms with E-state index >= 15 is 0 Å². The number of fused-ring (bicyclic) bond motifs is 1. The second kappa shape index (κ2) is 8.55. The average Bonchev–Trinajstić information content (AvgIpc) is 3.12. The van der Waals surface area contributed by atoms with Crippen molar-refractivity contribution < 1.29 is 22.7 Å². The molecule has 0 unspecified atom stereocenters. The lowest BCUT2D eigenvalue weighted by Crippen LogP contribution is -2.14. The molecule has 12 heteroatoms. The second-order valence-corrected chi connectivity index (χ2v) is 8.38. The number of nitrogens with one attached hydrogen (secondary N) is 3. The highest BCUT2D eigenvalue weighted by molar-refractivity contribution is 7.90. The number of sulfone groups is 1. The topological polar surface area (TPSA) is 161 Å². The molecule has 1 aromatic carbocycles. The fourth-order valence-corrected chi connectivity index (χ4v) is 3.44. The summed E-state index contributed by atoms with van der Waals surface area (Å²) in [6.07, 6.45) is 2.58. The number of aromatic nitrogens is 3. The quantitative estimate of drug-likeness (QED) is 0.363. The molecule has 3 rings (SSSR count). The minimum absolute atomic E-state index is 0.124. The summed E-state index contributed by atoms with van der Waals surface area (Å²) in [6.45, 7) is 0.864. The minimum Gasteiger partial charge on any atom is -0.495 e. The average molecular weight is 434 g/mol. The van der Waals surface area contributed by atoms with Crippen molar-refractivity contribution in [3.8, 4) is 5.75 Å². The second-order valence-electron chi connectivity index (χ2n) is 6.36. The highest BCUT2D eigenvalue weighted by atomic mass is 32.2. The van der Waals surface area contributed by atoms with Gasteiger partial charge in [-0.2, -0.15) is 9.97 Å². The number of nitrogens with zero attached hydrogens (tertiary/aromatic N) is 2. The van der Waals surface area contributed by atoms with E-state index in [2.05, 4.69) is 25.6 Å². The SMILES string of the molecule is COCCNc1nc(Nc2ccc(S(C)(=O)=O)cc2OC)nc2[nH]cc(C(N)=O)c12. The van der Waals surface area contributed by atoms with Gasteiger partial charge in [0.1, 0.15) is 17.2 Å². The first-order valence-corrected chi connectivity index (χ1v) is 10.7. The molecule has 30 heavy (non-hydrogen) atoms. The van der Waals surface area contributed by atoms with Gasteiger partial charge in [0.05, 0.1) is 35.2 Å². The summed E-state index contributed by atoms with van der Waals surface area (Å²) in [5, 5.41) is 6.57. The van der Waals surface area contributed by atoms with Crippen LogP contribution in [-0.4, -0.2) is 62.9 Å². The van der Waals surface area contributed by atoms with E-state index in [4.69, 9.17) is 15.2 Å². The van der Waals surface area contributed by atoms with Gasteiger partial charge < -0.3 is 30.8 Å². The highest BCUT2D eigenvalue weighted by Gasteiger charge is 2.18. The van der Waals surface area contributed by atoms with E-state index in [1.54, 1.807) is 13.2 Å². The number of carbonyl (C=O) groups is 1. The molecule has 0 spiro atoms. The monoisotopic (exact) mass is 434 g/mol. The Kier molecular flexibility index (Phi) is 6.08. The molecule has 0 saturated heterocycles. The van der Waals surface area contributed by atoms with Crippen molar-refractivity contribution in [2.45, 2.75) is 4.90 Å². The van der Waals surface area contributed by atoms with Crippen LogP contribution in [0.4, 0.5) is 17.5 Å². The molecule has 0 fully saturated rings. The Morgan fingerprint density at radius 2 is 2.03 bits per heavy atom. The third kappa shape index (κ3) is 4.44. The first kappa shape index (κ1) is 21.3. The number of nitrogens with two attached hydrogens (primary N) is 1. The van der Waals surface area contributed by atoms with Gasteiger partial charge in [-0.3, -0.25) is 4.79 Å².